The summed E-state index contributed by atoms with van der Waals surface area (Å²) in [4.78, 5) is 15.5. The molecule has 0 aliphatic heterocycles. The standard InChI is InChI=1S/C19H20N2O2/c1-2-23-19(22)18(20)17(13-8-4-3-5-9-13)15-12-21-16-11-7-6-10-14(15)16/h3-12,17-18,21H,2,20H2,1H3/t17-,18?/m0/s1. The monoisotopic (exact) mass is 308 g/mol. The Hall–Kier alpha value is -2.59. The smallest absolute Gasteiger partial charge is 0.323 e. The normalized spacial score (nSPS) is 13.7. The Balaban J connectivity index is 2.10. The second-order valence-electron chi connectivity index (χ2n) is 5.46. The van der Waals surface area contributed by atoms with Crippen LogP contribution in [-0.2, 0) is 9.53 Å². The van der Waals surface area contributed by atoms with Crippen molar-refractivity contribution >= 4 is 16.9 Å². The van der Waals surface area contributed by atoms with E-state index in [0.29, 0.717) is 6.61 Å². The first-order chi connectivity index (χ1) is 11.2. The van der Waals surface area contributed by atoms with E-state index in [1.807, 2.05) is 60.8 Å². The predicted molar refractivity (Wildman–Crippen MR) is 91.2 cm³/mol. The van der Waals surface area contributed by atoms with Gasteiger partial charge < -0.3 is 15.5 Å². The lowest BCUT2D eigenvalue weighted by atomic mass is 9.85. The van der Waals surface area contributed by atoms with Crippen LogP contribution < -0.4 is 5.73 Å². The summed E-state index contributed by atoms with van der Waals surface area (Å²) in [5, 5.41) is 1.07. The van der Waals surface area contributed by atoms with Crippen LogP contribution in [0.3, 0.4) is 0 Å². The van der Waals surface area contributed by atoms with Crippen molar-refractivity contribution in [2.45, 2.75) is 18.9 Å². The molecule has 4 nitrogen and oxygen atoms in total. The summed E-state index contributed by atoms with van der Waals surface area (Å²) in [7, 11) is 0. The fourth-order valence-electron chi connectivity index (χ4n) is 2.97. The van der Waals surface area contributed by atoms with E-state index in [0.717, 1.165) is 22.0 Å². The van der Waals surface area contributed by atoms with Gasteiger partial charge in [0.25, 0.3) is 0 Å². The molecule has 0 spiro atoms. The Morgan fingerprint density at radius 2 is 1.83 bits per heavy atom. The minimum atomic E-state index is -0.753. The van der Waals surface area contributed by atoms with Crippen molar-refractivity contribution in [1.82, 2.24) is 4.98 Å². The van der Waals surface area contributed by atoms with Gasteiger partial charge in [-0.1, -0.05) is 48.5 Å². The number of H-pyrrole nitrogens is 1. The van der Waals surface area contributed by atoms with Crippen LogP contribution in [0.25, 0.3) is 10.9 Å². The van der Waals surface area contributed by atoms with E-state index in [1.54, 1.807) is 6.92 Å². The van der Waals surface area contributed by atoms with Crippen LogP contribution in [0.4, 0.5) is 0 Å². The predicted octanol–water partition coefficient (Wildman–Crippen LogP) is 3.19. The van der Waals surface area contributed by atoms with Crippen LogP contribution in [-0.4, -0.2) is 23.6 Å². The van der Waals surface area contributed by atoms with E-state index in [4.69, 9.17) is 10.5 Å². The highest BCUT2D eigenvalue weighted by Crippen LogP contribution is 2.33. The summed E-state index contributed by atoms with van der Waals surface area (Å²) in [6, 6.07) is 17.1. The molecule has 3 aromatic rings. The van der Waals surface area contributed by atoms with Gasteiger partial charge in [0.05, 0.1) is 6.61 Å². The number of fused-ring (bicyclic) bond motifs is 1. The molecule has 0 saturated carbocycles. The number of nitrogens with one attached hydrogen (secondary N) is 1. The first-order valence-electron chi connectivity index (χ1n) is 7.75. The van der Waals surface area contributed by atoms with Gasteiger partial charge in [-0.2, -0.15) is 0 Å². The number of hydrogen-bond acceptors (Lipinski definition) is 3. The van der Waals surface area contributed by atoms with Gasteiger partial charge in [0.1, 0.15) is 6.04 Å². The van der Waals surface area contributed by atoms with Crippen molar-refractivity contribution in [2.24, 2.45) is 5.73 Å². The fraction of sp³-hybridized carbons (Fsp3) is 0.211. The first kappa shape index (κ1) is 15.3. The van der Waals surface area contributed by atoms with Gasteiger partial charge in [-0.3, -0.25) is 4.79 Å². The summed E-state index contributed by atoms with van der Waals surface area (Å²) < 4.78 is 5.14. The average molecular weight is 308 g/mol. The van der Waals surface area contributed by atoms with E-state index in [1.165, 1.54) is 0 Å². The third kappa shape index (κ3) is 2.98. The molecule has 1 heterocycles. The van der Waals surface area contributed by atoms with Gasteiger partial charge in [-0.25, -0.2) is 0 Å². The van der Waals surface area contributed by atoms with E-state index in [-0.39, 0.29) is 11.9 Å². The third-order valence-corrected chi connectivity index (χ3v) is 4.03. The molecule has 118 valence electrons. The number of benzene rings is 2. The SMILES string of the molecule is CCOC(=O)C(N)[C@@H](c1ccccc1)c1c[nH]c2ccccc12. The maximum absolute atomic E-state index is 12.2. The first-order valence-corrected chi connectivity index (χ1v) is 7.75. The quantitative estimate of drug-likeness (QED) is 0.711. The molecule has 0 aliphatic rings. The largest absolute Gasteiger partial charge is 0.465 e. The van der Waals surface area contributed by atoms with Crippen molar-refractivity contribution in [1.29, 1.82) is 0 Å². The van der Waals surface area contributed by atoms with Gasteiger partial charge in [-0.05, 0) is 24.1 Å². The average Bonchev–Trinajstić information content (AvgIpc) is 3.00. The van der Waals surface area contributed by atoms with Crippen molar-refractivity contribution < 1.29 is 9.53 Å². The van der Waals surface area contributed by atoms with E-state index >= 15 is 0 Å². The summed E-state index contributed by atoms with van der Waals surface area (Å²) in [5.74, 6) is -0.641. The molecule has 3 N–H and O–H groups in total. The molecule has 3 rings (SSSR count). The van der Waals surface area contributed by atoms with Crippen LogP contribution in [0, 0.1) is 0 Å². The molecule has 0 saturated heterocycles. The highest BCUT2D eigenvalue weighted by atomic mass is 16.5. The molecule has 0 aliphatic carbocycles. The zero-order chi connectivity index (χ0) is 16.2. The second kappa shape index (κ2) is 6.67. The number of carbonyl (C=O) groups excluding carboxylic acids is 1. The lowest BCUT2D eigenvalue weighted by Gasteiger charge is -2.23. The number of hydrogen-bond donors (Lipinski definition) is 2. The van der Waals surface area contributed by atoms with Gasteiger partial charge in [-0.15, -0.1) is 0 Å². The Morgan fingerprint density at radius 3 is 2.57 bits per heavy atom. The van der Waals surface area contributed by atoms with Crippen LogP contribution in [0.15, 0.2) is 60.8 Å². The third-order valence-electron chi connectivity index (χ3n) is 4.03. The van der Waals surface area contributed by atoms with Crippen LogP contribution in [0.1, 0.15) is 24.0 Å². The second-order valence-corrected chi connectivity index (χ2v) is 5.46. The van der Waals surface area contributed by atoms with E-state index < -0.39 is 6.04 Å². The number of nitrogens with two attached hydrogens (primary N) is 1. The number of aromatic nitrogens is 1. The van der Waals surface area contributed by atoms with E-state index in [2.05, 4.69) is 4.98 Å². The maximum Gasteiger partial charge on any atom is 0.323 e. The number of rotatable bonds is 5. The Labute approximate surface area is 135 Å². The van der Waals surface area contributed by atoms with Gasteiger partial charge >= 0.3 is 5.97 Å². The number of carbonyl (C=O) groups is 1. The minimum Gasteiger partial charge on any atom is -0.465 e. The molecule has 0 fully saturated rings. The zero-order valence-electron chi connectivity index (χ0n) is 13.0. The molecular formula is C19H20N2O2. The van der Waals surface area contributed by atoms with Crippen molar-refractivity contribution in [2.75, 3.05) is 6.61 Å². The lowest BCUT2D eigenvalue weighted by molar-refractivity contribution is -0.145. The topological polar surface area (TPSA) is 68.1 Å². The van der Waals surface area contributed by atoms with Gasteiger partial charge in [0.2, 0.25) is 0 Å². The molecular weight excluding hydrogens is 288 g/mol. The molecule has 0 amide bonds. The number of ether oxygens (including phenoxy) is 1. The molecule has 23 heavy (non-hydrogen) atoms. The number of aromatic amines is 1. The summed E-state index contributed by atoms with van der Waals surface area (Å²) in [5.41, 5.74) is 9.31. The van der Waals surface area contributed by atoms with Crippen LogP contribution in [0.5, 0.6) is 0 Å². The van der Waals surface area contributed by atoms with Crippen molar-refractivity contribution in [3.8, 4) is 0 Å². The molecule has 1 unspecified atom stereocenters. The van der Waals surface area contributed by atoms with E-state index in [9.17, 15) is 4.79 Å². The highest BCUT2D eigenvalue weighted by Gasteiger charge is 2.30. The molecule has 1 aromatic heterocycles. The van der Waals surface area contributed by atoms with Gasteiger partial charge in [0, 0.05) is 23.0 Å². The van der Waals surface area contributed by atoms with Crippen molar-refractivity contribution in [3.63, 3.8) is 0 Å². The summed E-state index contributed by atoms with van der Waals surface area (Å²) >= 11 is 0. The fourth-order valence-corrected chi connectivity index (χ4v) is 2.97. The molecule has 0 bridgehead atoms. The number of esters is 1. The molecule has 2 aromatic carbocycles. The summed E-state index contributed by atoms with van der Waals surface area (Å²) in [6.45, 7) is 2.11. The Bertz CT molecular complexity index is 795. The number of para-hydroxylation sites is 1. The molecule has 4 heteroatoms. The van der Waals surface area contributed by atoms with Crippen LogP contribution >= 0.6 is 0 Å². The molecule has 0 radical (unpaired) electrons. The van der Waals surface area contributed by atoms with Crippen LogP contribution in [0.2, 0.25) is 0 Å². The summed E-state index contributed by atoms with van der Waals surface area (Å²) in [6.07, 6.45) is 1.93. The highest BCUT2D eigenvalue weighted by molar-refractivity contribution is 5.86. The van der Waals surface area contributed by atoms with Gasteiger partial charge in [0.15, 0.2) is 0 Å². The Kier molecular flexibility index (Phi) is 4.44. The maximum atomic E-state index is 12.2. The Morgan fingerprint density at radius 1 is 1.13 bits per heavy atom. The lowest BCUT2D eigenvalue weighted by Crippen LogP contribution is -2.38. The van der Waals surface area contributed by atoms with Crippen molar-refractivity contribution in [3.05, 3.63) is 71.9 Å². The minimum absolute atomic E-state index is 0.258. The molecule has 2 atom stereocenters. The zero-order valence-corrected chi connectivity index (χ0v) is 13.0.